The molecule has 0 aromatic heterocycles. The second-order valence-electron chi connectivity index (χ2n) is 8.98. The van der Waals surface area contributed by atoms with Crippen molar-refractivity contribution in [2.45, 2.75) is 32.3 Å². The summed E-state index contributed by atoms with van der Waals surface area (Å²) < 4.78 is 21.1. The lowest BCUT2D eigenvalue weighted by atomic mass is 9.80. The molecule has 200 valence electrons. The highest BCUT2D eigenvalue weighted by atomic mass is 16.6. The molecule has 1 atom stereocenters. The van der Waals surface area contributed by atoms with E-state index in [2.05, 4.69) is 13.2 Å². The maximum atomic E-state index is 12.6. The van der Waals surface area contributed by atoms with Crippen LogP contribution >= 0.6 is 0 Å². The maximum Gasteiger partial charge on any atom is 0.343 e. The molecule has 0 amide bonds. The van der Waals surface area contributed by atoms with Gasteiger partial charge in [0.2, 0.25) is 0 Å². The predicted molar refractivity (Wildman–Crippen MR) is 144 cm³/mol. The molecule has 3 aromatic carbocycles. The Morgan fingerprint density at radius 3 is 1.44 bits per heavy atom. The van der Waals surface area contributed by atoms with Gasteiger partial charge in [0.05, 0.1) is 11.1 Å². The summed E-state index contributed by atoms with van der Waals surface area (Å²) in [5.74, 6) is -1.45. The highest BCUT2D eigenvalue weighted by Crippen LogP contribution is 2.30. The molecular weight excluding hydrogens is 500 g/mol. The number of carbonyl (C=O) groups excluding carboxylic acids is 4. The third-order valence-electron chi connectivity index (χ3n) is 6.06. The average Bonchev–Trinajstić information content (AvgIpc) is 2.94. The predicted octanol–water partition coefficient (Wildman–Crippen LogP) is 5.61. The Bertz CT molecular complexity index is 1370. The van der Waals surface area contributed by atoms with E-state index >= 15 is 0 Å². The largest absolute Gasteiger partial charge is 0.459 e. The van der Waals surface area contributed by atoms with Crippen LogP contribution in [0.25, 0.3) is 0 Å². The molecule has 0 aliphatic rings. The van der Waals surface area contributed by atoms with E-state index in [0.717, 1.165) is 17.7 Å². The number of carbonyl (C=O) groups is 4. The highest BCUT2D eigenvalue weighted by molar-refractivity contribution is 5.95. The Morgan fingerprint density at radius 2 is 1.03 bits per heavy atom. The lowest BCUT2D eigenvalue weighted by Crippen LogP contribution is -2.34. The molecule has 0 saturated heterocycles. The Kier molecular flexibility index (Phi) is 9.17. The van der Waals surface area contributed by atoms with Crippen LogP contribution in [0, 0.1) is 0 Å². The molecule has 8 heteroatoms. The first-order chi connectivity index (χ1) is 18.5. The molecule has 0 fully saturated rings. The van der Waals surface area contributed by atoms with Crippen LogP contribution in [0.3, 0.4) is 0 Å². The second-order valence-corrected chi connectivity index (χ2v) is 8.98. The van der Waals surface area contributed by atoms with Crippen molar-refractivity contribution >= 4 is 23.9 Å². The summed E-state index contributed by atoms with van der Waals surface area (Å²) in [4.78, 5) is 47.9. The van der Waals surface area contributed by atoms with E-state index in [-0.39, 0.29) is 22.6 Å². The molecular formula is C31H28O8. The zero-order valence-electron chi connectivity index (χ0n) is 21.8. The first kappa shape index (κ1) is 28.6. The monoisotopic (exact) mass is 528 g/mol. The average molecular weight is 529 g/mol. The summed E-state index contributed by atoms with van der Waals surface area (Å²) in [5.41, 5.74) is 0.870. The summed E-state index contributed by atoms with van der Waals surface area (Å²) >= 11 is 0. The van der Waals surface area contributed by atoms with Crippen LogP contribution in [-0.4, -0.2) is 30.0 Å². The van der Waals surface area contributed by atoms with Crippen LogP contribution in [0.2, 0.25) is 0 Å². The molecule has 1 unspecified atom stereocenters. The van der Waals surface area contributed by atoms with Crippen molar-refractivity contribution in [3.05, 3.63) is 115 Å². The fourth-order valence-corrected chi connectivity index (χ4v) is 3.36. The Labute approximate surface area is 226 Å². The van der Waals surface area contributed by atoms with Crippen molar-refractivity contribution in [3.8, 4) is 17.2 Å². The van der Waals surface area contributed by atoms with Gasteiger partial charge in [0.25, 0.3) is 0 Å². The van der Waals surface area contributed by atoms with Crippen molar-refractivity contribution in [1.82, 2.24) is 0 Å². The number of rotatable bonds is 10. The first-order valence-corrected chi connectivity index (χ1v) is 12.0. The van der Waals surface area contributed by atoms with Crippen LogP contribution in [0.4, 0.5) is 0 Å². The Morgan fingerprint density at radius 1 is 0.641 bits per heavy atom. The zero-order valence-corrected chi connectivity index (χ0v) is 21.8. The summed E-state index contributed by atoms with van der Waals surface area (Å²) in [6, 6.07) is 18.7. The van der Waals surface area contributed by atoms with Crippen molar-refractivity contribution < 1.29 is 38.1 Å². The van der Waals surface area contributed by atoms with E-state index in [1.54, 1.807) is 31.2 Å². The van der Waals surface area contributed by atoms with Crippen LogP contribution in [0.1, 0.15) is 47.1 Å². The normalized spacial score (nSPS) is 11.5. The molecule has 0 bridgehead atoms. The third kappa shape index (κ3) is 7.52. The molecule has 0 N–H and O–H groups in total. The highest BCUT2D eigenvalue weighted by Gasteiger charge is 2.30. The molecule has 3 rings (SSSR count). The minimum atomic E-state index is -0.628. The smallest absolute Gasteiger partial charge is 0.343 e. The number of ether oxygens (including phenoxy) is 4. The summed E-state index contributed by atoms with van der Waals surface area (Å²) in [6.45, 7) is 12.4. The van der Waals surface area contributed by atoms with Crippen molar-refractivity contribution in [3.63, 3.8) is 0 Å². The SMILES string of the molecule is C=CC(=O)Oc1ccc(OC(=O)c2ccc(C(=O)Oc3ccc(C(C)(C)C(C)OC(=O)C=C)cc3)cc2)cc1. The van der Waals surface area contributed by atoms with Crippen LogP contribution in [0.5, 0.6) is 17.2 Å². The van der Waals surface area contributed by atoms with Crippen molar-refractivity contribution in [1.29, 1.82) is 0 Å². The van der Waals surface area contributed by atoms with Gasteiger partial charge in [0, 0.05) is 17.6 Å². The van der Waals surface area contributed by atoms with Gasteiger partial charge >= 0.3 is 23.9 Å². The van der Waals surface area contributed by atoms with E-state index in [0.29, 0.717) is 5.75 Å². The topological polar surface area (TPSA) is 105 Å². The molecule has 0 aliphatic carbocycles. The summed E-state index contributed by atoms with van der Waals surface area (Å²) in [6.07, 6.45) is 1.75. The standard InChI is InChI=1S/C31H28O8/c1-6-27(32)36-20(3)31(4,5)23-12-14-25(15-13-23)38-29(34)21-8-10-22(11-9-21)30(35)39-26-18-16-24(17-19-26)37-28(33)7-2/h6-20H,1-2H2,3-5H3. The Hall–Kier alpha value is -4.98. The van der Waals surface area contributed by atoms with E-state index < -0.39 is 35.4 Å². The molecule has 0 radical (unpaired) electrons. The minimum Gasteiger partial charge on any atom is -0.459 e. The molecule has 3 aromatic rings. The first-order valence-electron chi connectivity index (χ1n) is 12.0. The molecule has 39 heavy (non-hydrogen) atoms. The number of benzene rings is 3. The lowest BCUT2D eigenvalue weighted by Gasteiger charge is -2.31. The van der Waals surface area contributed by atoms with E-state index in [9.17, 15) is 19.2 Å². The van der Waals surface area contributed by atoms with Gasteiger partial charge in [0.1, 0.15) is 23.4 Å². The fraction of sp³-hybridized carbons (Fsp3) is 0.161. The van der Waals surface area contributed by atoms with E-state index in [1.165, 1.54) is 48.5 Å². The summed E-state index contributed by atoms with van der Waals surface area (Å²) in [7, 11) is 0. The van der Waals surface area contributed by atoms with Crippen LogP contribution in [-0.2, 0) is 19.7 Å². The van der Waals surface area contributed by atoms with Gasteiger partial charge in [-0.15, -0.1) is 0 Å². The van der Waals surface area contributed by atoms with Crippen LogP contribution in [0.15, 0.2) is 98.1 Å². The van der Waals surface area contributed by atoms with Gasteiger partial charge in [-0.2, -0.15) is 0 Å². The molecule has 0 saturated carbocycles. The molecule has 8 nitrogen and oxygen atoms in total. The van der Waals surface area contributed by atoms with Crippen molar-refractivity contribution in [2.24, 2.45) is 0 Å². The lowest BCUT2D eigenvalue weighted by molar-refractivity contribution is -0.145. The van der Waals surface area contributed by atoms with Crippen molar-refractivity contribution in [2.75, 3.05) is 0 Å². The molecule has 0 heterocycles. The van der Waals surface area contributed by atoms with Gasteiger partial charge in [-0.05, 0) is 73.2 Å². The Balaban J connectivity index is 1.59. The van der Waals surface area contributed by atoms with E-state index in [1.807, 2.05) is 13.8 Å². The second kappa shape index (κ2) is 12.5. The molecule has 0 aliphatic heterocycles. The fourth-order valence-electron chi connectivity index (χ4n) is 3.36. The quantitative estimate of drug-likeness (QED) is 0.190. The molecule has 0 spiro atoms. The number of hydrogen-bond acceptors (Lipinski definition) is 8. The number of esters is 4. The van der Waals surface area contributed by atoms with Gasteiger partial charge in [-0.25, -0.2) is 19.2 Å². The van der Waals surface area contributed by atoms with Gasteiger partial charge in [-0.3, -0.25) is 0 Å². The van der Waals surface area contributed by atoms with Gasteiger partial charge < -0.3 is 18.9 Å². The number of hydrogen-bond donors (Lipinski definition) is 0. The zero-order chi connectivity index (χ0) is 28.6. The van der Waals surface area contributed by atoms with Crippen LogP contribution < -0.4 is 14.2 Å². The summed E-state index contributed by atoms with van der Waals surface area (Å²) in [5, 5.41) is 0. The van der Waals surface area contributed by atoms with Gasteiger partial charge in [0.15, 0.2) is 0 Å². The maximum absolute atomic E-state index is 12.6. The third-order valence-corrected chi connectivity index (χ3v) is 6.06. The van der Waals surface area contributed by atoms with Gasteiger partial charge in [-0.1, -0.05) is 39.1 Å². The minimum absolute atomic E-state index is 0.228. The van der Waals surface area contributed by atoms with E-state index in [4.69, 9.17) is 18.9 Å².